The molecule has 0 aliphatic carbocycles. The van der Waals surface area contributed by atoms with Crippen LogP contribution in [0.2, 0.25) is 5.15 Å². The Kier molecular flexibility index (Phi) is 7.07. The molecule has 2 atom stereocenters. The Morgan fingerprint density at radius 3 is 2.64 bits per heavy atom. The Bertz CT molecular complexity index is 1580. The Labute approximate surface area is 225 Å². The van der Waals surface area contributed by atoms with Crippen molar-refractivity contribution in [2.75, 3.05) is 19.0 Å². The second-order valence-electron chi connectivity index (χ2n) is 8.79. The monoisotopic (exact) mass is 552 g/mol. The van der Waals surface area contributed by atoms with Crippen LogP contribution in [0.4, 0.5) is 10.2 Å². The van der Waals surface area contributed by atoms with Gasteiger partial charge in [0, 0.05) is 29.8 Å². The first-order valence-electron chi connectivity index (χ1n) is 11.8. The standard InChI is InChI=1S/C25H22ClFN8O4/c1-39-25-29-9-14(10-30-25)13-5-6-17-16(7-13)22(23(28)37)33-35(17)12-21(36)34-11-15(27)8-18(34)24(38)32-20-4-2-3-19(26)31-20/h2-7,9-10,15,18H,8,11-12H2,1H3,(H2,28,37)(H,31,32,38). The van der Waals surface area contributed by atoms with Gasteiger partial charge in [-0.25, -0.2) is 19.3 Å². The number of nitrogens with one attached hydrogen (secondary N) is 1. The van der Waals surface area contributed by atoms with Gasteiger partial charge in [0.15, 0.2) is 5.69 Å². The zero-order valence-corrected chi connectivity index (χ0v) is 21.3. The van der Waals surface area contributed by atoms with Crippen molar-refractivity contribution in [1.82, 2.24) is 29.6 Å². The van der Waals surface area contributed by atoms with Crippen molar-refractivity contribution < 1.29 is 23.5 Å². The molecule has 4 heterocycles. The van der Waals surface area contributed by atoms with Gasteiger partial charge in [-0.2, -0.15) is 5.10 Å². The van der Waals surface area contributed by atoms with Gasteiger partial charge in [-0.15, -0.1) is 0 Å². The molecule has 0 radical (unpaired) electrons. The predicted octanol–water partition coefficient (Wildman–Crippen LogP) is 2.23. The summed E-state index contributed by atoms with van der Waals surface area (Å²) in [5.41, 5.74) is 7.32. The molecule has 1 aromatic carbocycles. The van der Waals surface area contributed by atoms with Crippen molar-refractivity contribution in [1.29, 1.82) is 0 Å². The molecule has 1 fully saturated rings. The van der Waals surface area contributed by atoms with E-state index in [1.807, 2.05) is 0 Å². The van der Waals surface area contributed by atoms with Crippen molar-refractivity contribution in [3.8, 4) is 17.1 Å². The van der Waals surface area contributed by atoms with Gasteiger partial charge in [0.1, 0.15) is 29.7 Å². The van der Waals surface area contributed by atoms with Crippen LogP contribution in [0.25, 0.3) is 22.0 Å². The molecule has 1 aliphatic rings. The number of ether oxygens (including phenoxy) is 1. The molecule has 0 spiro atoms. The molecule has 3 N–H and O–H groups in total. The van der Waals surface area contributed by atoms with Crippen LogP contribution in [-0.4, -0.2) is 73.2 Å². The number of primary amides is 1. The lowest BCUT2D eigenvalue weighted by Gasteiger charge is -2.23. The zero-order chi connectivity index (χ0) is 27.7. The van der Waals surface area contributed by atoms with Gasteiger partial charge < -0.3 is 20.7 Å². The minimum absolute atomic E-state index is 0.0415. The maximum absolute atomic E-state index is 14.4. The number of anilines is 1. The van der Waals surface area contributed by atoms with E-state index in [1.165, 1.54) is 17.9 Å². The summed E-state index contributed by atoms with van der Waals surface area (Å²) < 4.78 is 20.7. The Morgan fingerprint density at radius 1 is 1.18 bits per heavy atom. The number of halogens is 2. The quantitative estimate of drug-likeness (QED) is 0.330. The molecule has 3 amide bonds. The molecule has 5 rings (SSSR count). The number of carbonyl (C=O) groups excluding carboxylic acids is 3. The molecule has 1 aliphatic heterocycles. The third-order valence-electron chi connectivity index (χ3n) is 6.25. The molecule has 14 heteroatoms. The first kappa shape index (κ1) is 26.0. The van der Waals surface area contributed by atoms with E-state index in [1.54, 1.807) is 42.7 Å². The summed E-state index contributed by atoms with van der Waals surface area (Å²) in [6, 6.07) is 8.95. The summed E-state index contributed by atoms with van der Waals surface area (Å²) in [7, 11) is 1.46. The molecule has 39 heavy (non-hydrogen) atoms. The number of nitrogens with zero attached hydrogens (tertiary/aromatic N) is 6. The van der Waals surface area contributed by atoms with Crippen LogP contribution < -0.4 is 15.8 Å². The van der Waals surface area contributed by atoms with Gasteiger partial charge in [-0.3, -0.25) is 19.1 Å². The summed E-state index contributed by atoms with van der Waals surface area (Å²) >= 11 is 5.87. The topological polar surface area (TPSA) is 158 Å². The van der Waals surface area contributed by atoms with Crippen molar-refractivity contribution in [3.05, 3.63) is 59.6 Å². The number of likely N-dealkylation sites (tertiary alicyclic amines) is 1. The lowest BCUT2D eigenvalue weighted by Crippen LogP contribution is -2.44. The number of hydrogen-bond acceptors (Lipinski definition) is 8. The molecule has 3 aromatic heterocycles. The Hall–Kier alpha value is -4.65. The molecule has 200 valence electrons. The van der Waals surface area contributed by atoms with Gasteiger partial charge >= 0.3 is 6.01 Å². The minimum Gasteiger partial charge on any atom is -0.467 e. The van der Waals surface area contributed by atoms with E-state index in [0.717, 1.165) is 4.90 Å². The summed E-state index contributed by atoms with van der Waals surface area (Å²) in [6.45, 7) is -0.607. The fourth-order valence-corrected chi connectivity index (χ4v) is 4.61. The number of alkyl halides is 1. The highest BCUT2D eigenvalue weighted by molar-refractivity contribution is 6.29. The maximum Gasteiger partial charge on any atom is 0.316 e. The van der Waals surface area contributed by atoms with Gasteiger partial charge in [-0.05, 0) is 29.8 Å². The molecule has 4 aromatic rings. The minimum atomic E-state index is -1.39. The third kappa shape index (κ3) is 5.34. The van der Waals surface area contributed by atoms with Crippen LogP contribution in [0.3, 0.4) is 0 Å². The number of amides is 3. The molecule has 0 saturated carbocycles. The van der Waals surface area contributed by atoms with E-state index in [-0.39, 0.29) is 42.2 Å². The first-order valence-corrected chi connectivity index (χ1v) is 12.1. The van der Waals surface area contributed by atoms with E-state index in [4.69, 9.17) is 22.1 Å². The van der Waals surface area contributed by atoms with E-state index >= 15 is 0 Å². The molecule has 2 unspecified atom stereocenters. The summed E-state index contributed by atoms with van der Waals surface area (Å²) in [5, 5.41) is 7.41. The lowest BCUT2D eigenvalue weighted by atomic mass is 10.1. The molecule has 0 bridgehead atoms. The van der Waals surface area contributed by atoms with E-state index in [9.17, 15) is 18.8 Å². The zero-order valence-electron chi connectivity index (χ0n) is 20.5. The lowest BCUT2D eigenvalue weighted by molar-refractivity contribution is -0.137. The number of methoxy groups -OCH3 is 1. The largest absolute Gasteiger partial charge is 0.467 e. The van der Waals surface area contributed by atoms with Gasteiger partial charge in [0.05, 0.1) is 19.2 Å². The van der Waals surface area contributed by atoms with E-state index < -0.39 is 29.9 Å². The van der Waals surface area contributed by atoms with Crippen LogP contribution in [-0.2, 0) is 16.1 Å². The highest BCUT2D eigenvalue weighted by Crippen LogP contribution is 2.28. The summed E-state index contributed by atoms with van der Waals surface area (Å²) in [5.74, 6) is -1.75. The van der Waals surface area contributed by atoms with Gasteiger partial charge in [0.2, 0.25) is 11.8 Å². The number of pyridine rings is 1. The van der Waals surface area contributed by atoms with Crippen LogP contribution in [0.15, 0.2) is 48.8 Å². The van der Waals surface area contributed by atoms with Crippen molar-refractivity contribution >= 4 is 46.0 Å². The molecule has 12 nitrogen and oxygen atoms in total. The van der Waals surface area contributed by atoms with Crippen molar-refractivity contribution in [2.45, 2.75) is 25.2 Å². The normalized spacial score (nSPS) is 16.8. The van der Waals surface area contributed by atoms with Gasteiger partial charge in [-0.1, -0.05) is 23.7 Å². The number of hydrogen-bond donors (Lipinski definition) is 2. The van der Waals surface area contributed by atoms with Crippen molar-refractivity contribution in [2.24, 2.45) is 5.73 Å². The highest BCUT2D eigenvalue weighted by atomic mass is 35.5. The predicted molar refractivity (Wildman–Crippen MR) is 139 cm³/mol. The second kappa shape index (κ2) is 10.6. The smallest absolute Gasteiger partial charge is 0.316 e. The number of carbonyl (C=O) groups is 3. The summed E-state index contributed by atoms with van der Waals surface area (Å²) in [4.78, 5) is 51.7. The number of rotatable bonds is 7. The number of benzene rings is 1. The van der Waals surface area contributed by atoms with Crippen LogP contribution in [0, 0.1) is 0 Å². The maximum atomic E-state index is 14.4. The second-order valence-corrected chi connectivity index (χ2v) is 9.18. The SMILES string of the molecule is COc1ncc(-c2ccc3c(c2)c(C(N)=O)nn3CC(=O)N2CC(F)CC2C(=O)Nc2cccc(Cl)n2)cn1. The van der Waals surface area contributed by atoms with Gasteiger partial charge in [0.25, 0.3) is 5.91 Å². The number of fused-ring (bicyclic) bond motifs is 1. The fraction of sp³-hybridized carbons (Fsp3) is 0.240. The third-order valence-corrected chi connectivity index (χ3v) is 6.46. The van der Waals surface area contributed by atoms with E-state index in [0.29, 0.717) is 22.0 Å². The fourth-order valence-electron chi connectivity index (χ4n) is 4.45. The number of nitrogens with two attached hydrogens (primary N) is 1. The Morgan fingerprint density at radius 2 is 1.95 bits per heavy atom. The average molecular weight is 553 g/mol. The first-order chi connectivity index (χ1) is 18.7. The van der Waals surface area contributed by atoms with E-state index in [2.05, 4.69) is 25.4 Å². The molecular formula is C25H22ClFN8O4. The van der Waals surface area contributed by atoms with Crippen LogP contribution in [0.5, 0.6) is 6.01 Å². The van der Waals surface area contributed by atoms with Crippen molar-refractivity contribution in [3.63, 3.8) is 0 Å². The van der Waals surface area contributed by atoms with Crippen LogP contribution >= 0.6 is 11.6 Å². The molecular weight excluding hydrogens is 531 g/mol. The summed E-state index contributed by atoms with van der Waals surface area (Å²) in [6.07, 6.45) is 1.57. The molecule has 1 saturated heterocycles. The van der Waals surface area contributed by atoms with Crippen LogP contribution in [0.1, 0.15) is 16.9 Å². The highest BCUT2D eigenvalue weighted by Gasteiger charge is 2.40. The number of aromatic nitrogens is 5. The Balaban J connectivity index is 1.40. The average Bonchev–Trinajstić information content (AvgIpc) is 3.49.